The summed E-state index contributed by atoms with van der Waals surface area (Å²) >= 11 is 1.76. The predicted molar refractivity (Wildman–Crippen MR) is 108 cm³/mol. The summed E-state index contributed by atoms with van der Waals surface area (Å²) in [6, 6.07) is 16.8. The van der Waals surface area contributed by atoms with Crippen LogP contribution >= 0.6 is 11.8 Å². The average molecular weight is 399 g/mol. The van der Waals surface area contributed by atoms with Crippen molar-refractivity contribution in [2.75, 3.05) is 32.1 Å². The fourth-order valence-electron chi connectivity index (χ4n) is 3.42. The van der Waals surface area contributed by atoms with E-state index in [1.807, 2.05) is 18.2 Å². The zero-order chi connectivity index (χ0) is 19.3. The Balaban J connectivity index is 1.55. The van der Waals surface area contributed by atoms with Crippen molar-refractivity contribution in [3.8, 4) is 0 Å². The first-order valence-electron chi connectivity index (χ1n) is 9.20. The van der Waals surface area contributed by atoms with Crippen LogP contribution in [0.5, 0.6) is 0 Å². The Kier molecular flexibility index (Phi) is 5.90. The highest BCUT2D eigenvalue weighted by molar-refractivity contribution is 7.99. The maximum absolute atomic E-state index is 10.9. The molecule has 0 bridgehead atoms. The summed E-state index contributed by atoms with van der Waals surface area (Å²) in [5.74, 6) is 0.867. The van der Waals surface area contributed by atoms with Crippen LogP contribution < -0.4 is 0 Å². The van der Waals surface area contributed by atoms with Crippen LogP contribution in [0.1, 0.15) is 5.56 Å². The molecule has 1 fully saturated rings. The lowest BCUT2D eigenvalue weighted by Crippen LogP contribution is -2.48. The third kappa shape index (κ3) is 4.19. The van der Waals surface area contributed by atoms with E-state index in [9.17, 15) is 10.1 Å². The Hall–Kier alpha value is -2.42. The minimum atomic E-state index is -0.393. The highest BCUT2D eigenvalue weighted by atomic mass is 32.2. The summed E-state index contributed by atoms with van der Waals surface area (Å²) in [4.78, 5) is 19.9. The van der Waals surface area contributed by atoms with Crippen LogP contribution in [-0.4, -0.2) is 53.8 Å². The second-order valence-electron chi connectivity index (χ2n) is 6.66. The van der Waals surface area contributed by atoms with E-state index in [1.165, 1.54) is 17.0 Å². The third-order valence-corrected chi connectivity index (χ3v) is 6.04. The summed E-state index contributed by atoms with van der Waals surface area (Å²) in [5, 5.41) is 15.3. The molecule has 146 valence electrons. The fourth-order valence-corrected chi connectivity index (χ4v) is 4.47. The molecule has 2 aliphatic heterocycles. The molecule has 0 saturated carbocycles. The number of rotatable bonds is 6. The summed E-state index contributed by atoms with van der Waals surface area (Å²) in [7, 11) is 0. The van der Waals surface area contributed by atoms with Gasteiger partial charge in [0.2, 0.25) is 0 Å². The van der Waals surface area contributed by atoms with E-state index < -0.39 is 4.92 Å². The molecule has 0 aromatic heterocycles. The molecule has 2 unspecified atom stereocenters. The van der Waals surface area contributed by atoms with Crippen molar-refractivity contribution in [2.24, 2.45) is 11.1 Å². The first-order valence-corrected chi connectivity index (χ1v) is 10.2. The molecule has 0 aliphatic carbocycles. The lowest BCUT2D eigenvalue weighted by molar-refractivity contribution is -0.384. The van der Waals surface area contributed by atoms with Crippen molar-refractivity contribution in [2.45, 2.75) is 11.1 Å². The van der Waals surface area contributed by atoms with Crippen molar-refractivity contribution in [1.82, 2.24) is 4.90 Å². The predicted octanol–water partition coefficient (Wildman–Crippen LogP) is 3.40. The van der Waals surface area contributed by atoms with Crippen LogP contribution in [0.4, 0.5) is 5.69 Å². The minimum Gasteiger partial charge on any atom is -0.379 e. The van der Waals surface area contributed by atoms with Gasteiger partial charge < -0.3 is 9.57 Å². The second-order valence-corrected chi connectivity index (χ2v) is 7.75. The molecule has 0 N–H and O–H groups in total. The van der Waals surface area contributed by atoms with Crippen molar-refractivity contribution >= 4 is 23.2 Å². The molecule has 2 aliphatic rings. The van der Waals surface area contributed by atoms with E-state index in [-0.39, 0.29) is 17.8 Å². The standard InChI is InChI=1S/C20H21N3O4S/c24-23(25)16-8-6-15(7-9-16)19-18(14-28-17-4-2-1-3-5-17)20(27-21-19)22-10-12-26-13-11-22/h1-9,18,20H,10-14H2. The monoisotopic (exact) mass is 399 g/mol. The number of benzene rings is 2. The number of hydrogen-bond donors (Lipinski definition) is 0. The van der Waals surface area contributed by atoms with Crippen molar-refractivity contribution in [3.05, 3.63) is 70.3 Å². The maximum atomic E-state index is 10.9. The lowest BCUT2D eigenvalue weighted by atomic mass is 9.96. The maximum Gasteiger partial charge on any atom is 0.269 e. The number of thioether (sulfide) groups is 1. The Morgan fingerprint density at radius 2 is 1.82 bits per heavy atom. The zero-order valence-electron chi connectivity index (χ0n) is 15.3. The van der Waals surface area contributed by atoms with Crippen molar-refractivity contribution < 1.29 is 14.5 Å². The summed E-state index contributed by atoms with van der Waals surface area (Å²) in [5.41, 5.74) is 1.78. The van der Waals surface area contributed by atoms with Crippen LogP contribution in [-0.2, 0) is 9.57 Å². The quantitative estimate of drug-likeness (QED) is 0.421. The van der Waals surface area contributed by atoms with E-state index in [4.69, 9.17) is 9.57 Å². The molecule has 2 heterocycles. The number of morpholine rings is 1. The van der Waals surface area contributed by atoms with E-state index >= 15 is 0 Å². The average Bonchev–Trinajstić information content (AvgIpc) is 3.17. The van der Waals surface area contributed by atoms with Gasteiger partial charge in [0.05, 0.1) is 29.8 Å². The topological polar surface area (TPSA) is 77.2 Å². The summed E-state index contributed by atoms with van der Waals surface area (Å²) < 4.78 is 5.47. The Bertz CT molecular complexity index is 838. The lowest BCUT2D eigenvalue weighted by Gasteiger charge is -2.33. The summed E-state index contributed by atoms with van der Waals surface area (Å²) in [6.07, 6.45) is -0.148. The highest BCUT2D eigenvalue weighted by Gasteiger charge is 2.39. The third-order valence-electron chi connectivity index (χ3n) is 4.91. The van der Waals surface area contributed by atoms with Gasteiger partial charge in [0.25, 0.3) is 5.69 Å². The molecule has 4 rings (SSSR count). The Morgan fingerprint density at radius 1 is 1.11 bits per heavy atom. The molecule has 0 amide bonds. The van der Waals surface area contributed by atoms with Gasteiger partial charge in [-0.25, -0.2) is 0 Å². The van der Waals surface area contributed by atoms with Crippen LogP contribution in [0.3, 0.4) is 0 Å². The summed E-state index contributed by atoms with van der Waals surface area (Å²) in [6.45, 7) is 2.98. The largest absolute Gasteiger partial charge is 0.379 e. The van der Waals surface area contributed by atoms with Crippen LogP contribution in [0.25, 0.3) is 0 Å². The fraction of sp³-hybridized carbons (Fsp3) is 0.350. The van der Waals surface area contributed by atoms with Crippen LogP contribution in [0.2, 0.25) is 0 Å². The smallest absolute Gasteiger partial charge is 0.269 e. The molecular formula is C20H21N3O4S. The van der Waals surface area contributed by atoms with Crippen LogP contribution in [0.15, 0.2) is 64.6 Å². The first-order chi connectivity index (χ1) is 13.7. The number of nitrogens with zero attached hydrogens (tertiary/aromatic N) is 3. The molecule has 0 radical (unpaired) electrons. The number of nitro groups is 1. The van der Waals surface area contributed by atoms with Gasteiger partial charge in [0.15, 0.2) is 6.23 Å². The number of nitro benzene ring substituents is 1. The van der Waals surface area contributed by atoms with E-state index in [1.54, 1.807) is 23.9 Å². The second kappa shape index (κ2) is 8.72. The van der Waals surface area contributed by atoms with Gasteiger partial charge in [-0.3, -0.25) is 15.0 Å². The van der Waals surface area contributed by atoms with E-state index in [0.29, 0.717) is 13.2 Å². The number of non-ortho nitro benzene ring substituents is 1. The van der Waals surface area contributed by atoms with Gasteiger partial charge in [0, 0.05) is 41.4 Å². The number of oxime groups is 1. The van der Waals surface area contributed by atoms with Gasteiger partial charge in [-0.1, -0.05) is 23.4 Å². The molecule has 8 heteroatoms. The normalized spacial score (nSPS) is 22.5. The molecule has 7 nitrogen and oxygen atoms in total. The molecule has 2 aromatic carbocycles. The number of ether oxygens (including phenoxy) is 1. The molecule has 0 spiro atoms. The van der Waals surface area contributed by atoms with Gasteiger partial charge >= 0.3 is 0 Å². The molecule has 2 aromatic rings. The van der Waals surface area contributed by atoms with Gasteiger partial charge in [-0.2, -0.15) is 0 Å². The van der Waals surface area contributed by atoms with Crippen LogP contribution in [0, 0.1) is 16.0 Å². The van der Waals surface area contributed by atoms with Gasteiger partial charge in [-0.05, 0) is 24.3 Å². The highest BCUT2D eigenvalue weighted by Crippen LogP contribution is 2.32. The first kappa shape index (κ1) is 18.9. The van der Waals surface area contributed by atoms with Gasteiger partial charge in [-0.15, -0.1) is 11.8 Å². The molecular weight excluding hydrogens is 378 g/mol. The minimum absolute atomic E-state index is 0.0600. The van der Waals surface area contributed by atoms with E-state index in [2.05, 4.69) is 22.2 Å². The Morgan fingerprint density at radius 3 is 2.50 bits per heavy atom. The van der Waals surface area contributed by atoms with Gasteiger partial charge in [0.1, 0.15) is 0 Å². The Labute approximate surface area is 167 Å². The van der Waals surface area contributed by atoms with E-state index in [0.717, 1.165) is 30.1 Å². The molecule has 1 saturated heterocycles. The molecule has 2 atom stereocenters. The molecule has 28 heavy (non-hydrogen) atoms. The van der Waals surface area contributed by atoms with Crippen molar-refractivity contribution in [3.63, 3.8) is 0 Å². The SMILES string of the molecule is O=[N+]([O-])c1ccc(C2=NOC(N3CCOCC3)C2CSc2ccccc2)cc1. The zero-order valence-corrected chi connectivity index (χ0v) is 16.1. The van der Waals surface area contributed by atoms with Crippen molar-refractivity contribution in [1.29, 1.82) is 0 Å². The number of hydrogen-bond acceptors (Lipinski definition) is 7.